The Morgan fingerprint density at radius 2 is 2.22 bits per heavy atom. The van der Waals surface area contributed by atoms with Crippen LogP contribution in [0, 0.1) is 11.8 Å². The van der Waals surface area contributed by atoms with Crippen LogP contribution in [0.15, 0.2) is 0 Å². The Kier molecular flexibility index (Phi) is 1.74. The van der Waals surface area contributed by atoms with E-state index in [0.717, 1.165) is 19.3 Å². The molecule has 0 aromatic carbocycles. The monoisotopic (exact) mass is 128 g/mol. The van der Waals surface area contributed by atoms with Gasteiger partial charge in [-0.05, 0) is 18.8 Å². The normalized spacial score (nSPS) is 34.8. The predicted molar refractivity (Wildman–Crippen MR) is 34.1 cm³/mol. The average Bonchev–Trinajstić information content (AvgIpc) is 2.13. The third-order valence-electron chi connectivity index (χ3n) is 2.18. The molecule has 2 atom stereocenters. The standard InChI is InChI=1S/C7H12O2/c1-5-3-2-4-6(5)7(8)9/h5-6H,2-4H2,1H3,(H,8,9). The van der Waals surface area contributed by atoms with Gasteiger partial charge in [-0.2, -0.15) is 0 Å². The zero-order valence-corrected chi connectivity index (χ0v) is 5.63. The lowest BCUT2D eigenvalue weighted by atomic mass is 9.99. The number of rotatable bonds is 1. The molecule has 52 valence electrons. The largest absolute Gasteiger partial charge is 0.481 e. The predicted octanol–water partition coefficient (Wildman–Crippen LogP) is 1.51. The second-order valence-corrected chi connectivity index (χ2v) is 2.85. The summed E-state index contributed by atoms with van der Waals surface area (Å²) in [6.45, 7) is 2.02. The van der Waals surface area contributed by atoms with E-state index in [4.69, 9.17) is 5.11 Å². The van der Waals surface area contributed by atoms with Crippen molar-refractivity contribution in [3.8, 4) is 0 Å². The molecule has 2 heteroatoms. The van der Waals surface area contributed by atoms with Gasteiger partial charge in [-0.15, -0.1) is 0 Å². The molecule has 0 bridgehead atoms. The van der Waals surface area contributed by atoms with E-state index < -0.39 is 5.97 Å². The van der Waals surface area contributed by atoms with Crippen molar-refractivity contribution in [2.45, 2.75) is 26.2 Å². The first kappa shape index (κ1) is 6.59. The maximum absolute atomic E-state index is 10.4. The Bertz CT molecular complexity index is 120. The van der Waals surface area contributed by atoms with Crippen LogP contribution in [0.5, 0.6) is 0 Å². The van der Waals surface area contributed by atoms with Crippen molar-refractivity contribution in [2.24, 2.45) is 11.8 Å². The quantitative estimate of drug-likeness (QED) is 0.581. The first-order valence-electron chi connectivity index (χ1n) is 3.44. The van der Waals surface area contributed by atoms with Crippen LogP contribution in [0.2, 0.25) is 0 Å². The molecular weight excluding hydrogens is 116 g/mol. The van der Waals surface area contributed by atoms with Gasteiger partial charge >= 0.3 is 5.97 Å². The molecule has 0 aromatic heterocycles. The summed E-state index contributed by atoms with van der Waals surface area (Å²) >= 11 is 0. The topological polar surface area (TPSA) is 37.3 Å². The molecule has 0 aliphatic heterocycles. The fourth-order valence-corrected chi connectivity index (χ4v) is 1.51. The number of hydrogen-bond acceptors (Lipinski definition) is 1. The summed E-state index contributed by atoms with van der Waals surface area (Å²) in [6, 6.07) is 0. The fraction of sp³-hybridized carbons (Fsp3) is 0.857. The van der Waals surface area contributed by atoms with Crippen LogP contribution in [0.1, 0.15) is 26.2 Å². The fourth-order valence-electron chi connectivity index (χ4n) is 1.51. The second kappa shape index (κ2) is 2.38. The molecular formula is C7H12O2. The van der Waals surface area contributed by atoms with Crippen LogP contribution in [-0.2, 0) is 4.79 Å². The minimum atomic E-state index is -0.611. The van der Waals surface area contributed by atoms with Crippen molar-refractivity contribution >= 4 is 5.97 Å². The van der Waals surface area contributed by atoms with Crippen LogP contribution < -0.4 is 0 Å². The molecule has 2 nitrogen and oxygen atoms in total. The highest BCUT2D eigenvalue weighted by molar-refractivity contribution is 5.70. The summed E-state index contributed by atoms with van der Waals surface area (Å²) in [5.41, 5.74) is 0. The smallest absolute Gasteiger partial charge is 0.306 e. The van der Waals surface area contributed by atoms with Gasteiger partial charge in [0.05, 0.1) is 5.92 Å². The SMILES string of the molecule is CC1CCCC1C(=O)O. The third kappa shape index (κ3) is 1.23. The number of carbonyl (C=O) groups is 1. The Morgan fingerprint density at radius 1 is 1.56 bits per heavy atom. The summed E-state index contributed by atoms with van der Waals surface area (Å²) in [6.07, 6.45) is 3.08. The Balaban J connectivity index is 2.49. The summed E-state index contributed by atoms with van der Waals surface area (Å²) < 4.78 is 0. The molecule has 1 aliphatic carbocycles. The molecule has 1 saturated carbocycles. The molecule has 0 radical (unpaired) electrons. The molecule has 9 heavy (non-hydrogen) atoms. The van der Waals surface area contributed by atoms with Crippen molar-refractivity contribution in [1.29, 1.82) is 0 Å². The number of carboxylic acids is 1. The second-order valence-electron chi connectivity index (χ2n) is 2.85. The van der Waals surface area contributed by atoms with Gasteiger partial charge in [0, 0.05) is 0 Å². The summed E-state index contributed by atoms with van der Waals surface area (Å²) in [4.78, 5) is 10.4. The molecule has 0 spiro atoms. The first-order chi connectivity index (χ1) is 4.22. The molecule has 1 fully saturated rings. The first-order valence-corrected chi connectivity index (χ1v) is 3.44. The number of carboxylic acid groups (broad SMARTS) is 1. The molecule has 1 aliphatic rings. The van der Waals surface area contributed by atoms with Gasteiger partial charge in [0.15, 0.2) is 0 Å². The average molecular weight is 128 g/mol. The van der Waals surface area contributed by atoms with Crippen molar-refractivity contribution in [3.63, 3.8) is 0 Å². The summed E-state index contributed by atoms with van der Waals surface area (Å²) in [5, 5.41) is 8.58. The van der Waals surface area contributed by atoms with Crippen molar-refractivity contribution in [2.75, 3.05) is 0 Å². The van der Waals surface area contributed by atoms with Gasteiger partial charge in [-0.3, -0.25) is 4.79 Å². The highest BCUT2D eigenvalue weighted by Crippen LogP contribution is 2.30. The van der Waals surface area contributed by atoms with E-state index in [1.165, 1.54) is 0 Å². The van der Waals surface area contributed by atoms with Gasteiger partial charge in [0.25, 0.3) is 0 Å². The molecule has 0 saturated heterocycles. The minimum absolute atomic E-state index is 0.0509. The maximum atomic E-state index is 10.4. The maximum Gasteiger partial charge on any atom is 0.306 e. The van der Waals surface area contributed by atoms with E-state index in [2.05, 4.69) is 0 Å². The van der Waals surface area contributed by atoms with Crippen LogP contribution >= 0.6 is 0 Å². The van der Waals surface area contributed by atoms with Gasteiger partial charge in [-0.25, -0.2) is 0 Å². The van der Waals surface area contributed by atoms with E-state index >= 15 is 0 Å². The molecule has 1 rings (SSSR count). The van der Waals surface area contributed by atoms with E-state index in [1.54, 1.807) is 0 Å². The van der Waals surface area contributed by atoms with Crippen LogP contribution in [0.4, 0.5) is 0 Å². The zero-order chi connectivity index (χ0) is 6.85. The van der Waals surface area contributed by atoms with E-state index in [0.29, 0.717) is 5.92 Å². The van der Waals surface area contributed by atoms with Gasteiger partial charge in [-0.1, -0.05) is 13.3 Å². The molecule has 2 unspecified atom stereocenters. The van der Waals surface area contributed by atoms with Crippen molar-refractivity contribution < 1.29 is 9.90 Å². The molecule has 0 heterocycles. The highest BCUT2D eigenvalue weighted by Gasteiger charge is 2.28. The van der Waals surface area contributed by atoms with Gasteiger partial charge in [0.2, 0.25) is 0 Å². The summed E-state index contributed by atoms with van der Waals surface area (Å²) in [7, 11) is 0. The lowest BCUT2D eigenvalue weighted by Gasteiger charge is -2.07. The van der Waals surface area contributed by atoms with Crippen LogP contribution in [-0.4, -0.2) is 11.1 Å². The van der Waals surface area contributed by atoms with Crippen LogP contribution in [0.3, 0.4) is 0 Å². The van der Waals surface area contributed by atoms with Gasteiger partial charge in [0.1, 0.15) is 0 Å². The van der Waals surface area contributed by atoms with E-state index in [-0.39, 0.29) is 5.92 Å². The third-order valence-corrected chi connectivity index (χ3v) is 2.18. The zero-order valence-electron chi connectivity index (χ0n) is 5.63. The Morgan fingerprint density at radius 3 is 2.44 bits per heavy atom. The summed E-state index contributed by atoms with van der Waals surface area (Å²) in [5.74, 6) is -0.257. The number of hydrogen-bond donors (Lipinski definition) is 1. The molecule has 0 amide bonds. The lowest BCUT2D eigenvalue weighted by Crippen LogP contribution is -2.15. The van der Waals surface area contributed by atoms with Crippen molar-refractivity contribution in [1.82, 2.24) is 0 Å². The molecule has 1 N–H and O–H groups in total. The highest BCUT2D eigenvalue weighted by atomic mass is 16.4. The van der Waals surface area contributed by atoms with E-state index in [1.807, 2.05) is 6.92 Å². The molecule has 0 aromatic rings. The van der Waals surface area contributed by atoms with Gasteiger partial charge < -0.3 is 5.11 Å². The number of aliphatic carboxylic acids is 1. The van der Waals surface area contributed by atoms with E-state index in [9.17, 15) is 4.79 Å². The lowest BCUT2D eigenvalue weighted by molar-refractivity contribution is -0.142. The van der Waals surface area contributed by atoms with Crippen LogP contribution in [0.25, 0.3) is 0 Å². The van der Waals surface area contributed by atoms with Crippen molar-refractivity contribution in [3.05, 3.63) is 0 Å². The Hall–Kier alpha value is -0.530. The minimum Gasteiger partial charge on any atom is -0.481 e. The Labute approximate surface area is 54.9 Å².